The fraction of sp³-hybridized carbons (Fsp3) is 0.450. The molecule has 0 unspecified atom stereocenters. The molecule has 3 rings (SSSR count). The Balaban J connectivity index is 1.72. The normalized spacial score (nSPS) is 14.7. The van der Waals surface area contributed by atoms with Crippen molar-refractivity contribution in [2.75, 3.05) is 5.32 Å². The number of aryl methyl sites for hydroxylation is 1. The standard InChI is InChI=1S/C20H26N4O/c1-13(2)17-10-6-7-14(3)18(17)24-20-21-11-15(12-22-20)19(25)23-16-8-4-5-9-16/h6-7,10-13,16H,4-5,8-9H2,1-3H3,(H,23,25)(H,21,22,24). The second kappa shape index (κ2) is 7.64. The lowest BCUT2D eigenvalue weighted by Crippen LogP contribution is -2.32. The fourth-order valence-corrected chi connectivity index (χ4v) is 3.30. The Morgan fingerprint density at radius 3 is 2.48 bits per heavy atom. The number of anilines is 2. The van der Waals surface area contributed by atoms with Crippen molar-refractivity contribution < 1.29 is 4.79 Å². The first-order valence-electron chi connectivity index (χ1n) is 9.04. The molecular formula is C20H26N4O. The first-order chi connectivity index (χ1) is 12.0. The van der Waals surface area contributed by atoms with Crippen LogP contribution in [0, 0.1) is 6.92 Å². The van der Waals surface area contributed by atoms with Crippen molar-refractivity contribution in [1.82, 2.24) is 15.3 Å². The van der Waals surface area contributed by atoms with Gasteiger partial charge in [-0.05, 0) is 36.8 Å². The molecule has 0 atom stereocenters. The summed E-state index contributed by atoms with van der Waals surface area (Å²) in [6.07, 6.45) is 7.70. The first-order valence-corrected chi connectivity index (χ1v) is 9.04. The van der Waals surface area contributed by atoms with Gasteiger partial charge in [0.1, 0.15) is 0 Å². The van der Waals surface area contributed by atoms with Crippen molar-refractivity contribution in [3.8, 4) is 0 Å². The van der Waals surface area contributed by atoms with Gasteiger partial charge in [0.05, 0.1) is 5.56 Å². The average Bonchev–Trinajstić information content (AvgIpc) is 3.10. The lowest BCUT2D eigenvalue weighted by atomic mass is 9.98. The van der Waals surface area contributed by atoms with Gasteiger partial charge in [0.15, 0.2) is 0 Å². The van der Waals surface area contributed by atoms with E-state index >= 15 is 0 Å². The maximum atomic E-state index is 12.3. The maximum absolute atomic E-state index is 12.3. The number of hydrogen-bond acceptors (Lipinski definition) is 4. The van der Waals surface area contributed by atoms with Crippen LogP contribution in [0.25, 0.3) is 0 Å². The minimum absolute atomic E-state index is 0.0859. The number of hydrogen-bond donors (Lipinski definition) is 2. The molecule has 0 radical (unpaired) electrons. The van der Waals surface area contributed by atoms with Crippen molar-refractivity contribution >= 4 is 17.5 Å². The van der Waals surface area contributed by atoms with Crippen LogP contribution in [0.4, 0.5) is 11.6 Å². The molecule has 1 aromatic heterocycles. The molecule has 0 spiro atoms. The molecule has 1 aliphatic rings. The van der Waals surface area contributed by atoms with E-state index in [2.05, 4.69) is 59.6 Å². The lowest BCUT2D eigenvalue weighted by Gasteiger charge is -2.16. The largest absolute Gasteiger partial charge is 0.349 e. The molecule has 5 nitrogen and oxygen atoms in total. The SMILES string of the molecule is Cc1cccc(C(C)C)c1Nc1ncc(C(=O)NC2CCCC2)cn1. The van der Waals surface area contributed by atoms with Crippen LogP contribution >= 0.6 is 0 Å². The van der Waals surface area contributed by atoms with Crippen LogP contribution < -0.4 is 10.6 Å². The van der Waals surface area contributed by atoms with Crippen LogP contribution in [0.2, 0.25) is 0 Å². The number of aromatic nitrogens is 2. The minimum atomic E-state index is -0.0859. The van der Waals surface area contributed by atoms with E-state index < -0.39 is 0 Å². The van der Waals surface area contributed by atoms with Gasteiger partial charge in [-0.25, -0.2) is 9.97 Å². The summed E-state index contributed by atoms with van der Waals surface area (Å²) in [5.74, 6) is 0.824. The van der Waals surface area contributed by atoms with Gasteiger partial charge in [-0.15, -0.1) is 0 Å². The molecule has 132 valence electrons. The van der Waals surface area contributed by atoms with E-state index in [9.17, 15) is 4.79 Å². The number of para-hydroxylation sites is 1. The zero-order valence-electron chi connectivity index (χ0n) is 15.2. The Hall–Kier alpha value is -2.43. The van der Waals surface area contributed by atoms with E-state index in [-0.39, 0.29) is 5.91 Å². The predicted octanol–water partition coefficient (Wildman–Crippen LogP) is 4.32. The van der Waals surface area contributed by atoms with Gasteiger partial charge in [0, 0.05) is 24.1 Å². The second-order valence-corrected chi connectivity index (χ2v) is 7.07. The Kier molecular flexibility index (Phi) is 5.31. The summed E-state index contributed by atoms with van der Waals surface area (Å²) >= 11 is 0. The zero-order valence-corrected chi connectivity index (χ0v) is 15.2. The van der Waals surface area contributed by atoms with Gasteiger partial charge in [0.25, 0.3) is 5.91 Å². The molecule has 0 aliphatic heterocycles. The summed E-state index contributed by atoms with van der Waals surface area (Å²) in [4.78, 5) is 20.9. The van der Waals surface area contributed by atoms with Crippen LogP contribution in [0.3, 0.4) is 0 Å². The zero-order chi connectivity index (χ0) is 17.8. The van der Waals surface area contributed by atoms with Gasteiger partial charge >= 0.3 is 0 Å². The number of carbonyl (C=O) groups is 1. The number of carbonyl (C=O) groups excluding carboxylic acids is 1. The van der Waals surface area contributed by atoms with Crippen molar-refractivity contribution in [3.63, 3.8) is 0 Å². The van der Waals surface area contributed by atoms with Gasteiger partial charge in [-0.2, -0.15) is 0 Å². The number of nitrogens with one attached hydrogen (secondary N) is 2. The van der Waals surface area contributed by atoms with Gasteiger partial charge in [-0.1, -0.05) is 44.9 Å². The Labute approximate surface area is 149 Å². The third kappa shape index (κ3) is 4.16. The molecule has 1 aliphatic carbocycles. The second-order valence-electron chi connectivity index (χ2n) is 7.07. The number of rotatable bonds is 5. The Morgan fingerprint density at radius 1 is 1.16 bits per heavy atom. The third-order valence-corrected chi connectivity index (χ3v) is 4.77. The molecule has 1 aromatic carbocycles. The molecule has 1 heterocycles. The van der Waals surface area contributed by atoms with E-state index in [1.165, 1.54) is 18.4 Å². The summed E-state index contributed by atoms with van der Waals surface area (Å²) in [6.45, 7) is 6.40. The molecule has 5 heteroatoms. The molecule has 25 heavy (non-hydrogen) atoms. The molecule has 0 saturated heterocycles. The summed E-state index contributed by atoms with van der Waals surface area (Å²) < 4.78 is 0. The predicted molar refractivity (Wildman–Crippen MR) is 100 cm³/mol. The summed E-state index contributed by atoms with van der Waals surface area (Å²) in [6, 6.07) is 6.54. The van der Waals surface area contributed by atoms with Gasteiger partial charge < -0.3 is 10.6 Å². The molecule has 2 aromatic rings. The molecule has 2 N–H and O–H groups in total. The van der Waals surface area contributed by atoms with E-state index in [0.717, 1.165) is 24.1 Å². The maximum Gasteiger partial charge on any atom is 0.254 e. The number of benzene rings is 1. The quantitative estimate of drug-likeness (QED) is 0.852. The van der Waals surface area contributed by atoms with E-state index in [1.54, 1.807) is 12.4 Å². The van der Waals surface area contributed by atoms with Crippen molar-refractivity contribution in [2.45, 2.75) is 58.4 Å². The first kappa shape index (κ1) is 17.4. The summed E-state index contributed by atoms with van der Waals surface area (Å²) in [5.41, 5.74) is 3.93. The van der Waals surface area contributed by atoms with Crippen LogP contribution in [0.1, 0.15) is 66.9 Å². The molecule has 0 bridgehead atoms. The van der Waals surface area contributed by atoms with Crippen LogP contribution in [0.5, 0.6) is 0 Å². The lowest BCUT2D eigenvalue weighted by molar-refractivity contribution is 0.0937. The highest BCUT2D eigenvalue weighted by Crippen LogP contribution is 2.29. The molecule has 1 saturated carbocycles. The van der Waals surface area contributed by atoms with E-state index in [1.807, 2.05) is 0 Å². The number of nitrogens with zero attached hydrogens (tertiary/aromatic N) is 2. The van der Waals surface area contributed by atoms with Crippen LogP contribution in [-0.4, -0.2) is 21.9 Å². The minimum Gasteiger partial charge on any atom is -0.349 e. The molecular weight excluding hydrogens is 312 g/mol. The highest BCUT2D eigenvalue weighted by Gasteiger charge is 2.18. The third-order valence-electron chi connectivity index (χ3n) is 4.77. The highest BCUT2D eigenvalue weighted by atomic mass is 16.1. The van der Waals surface area contributed by atoms with E-state index in [0.29, 0.717) is 23.5 Å². The van der Waals surface area contributed by atoms with Gasteiger partial charge in [0.2, 0.25) is 5.95 Å². The van der Waals surface area contributed by atoms with Crippen molar-refractivity contribution in [1.29, 1.82) is 0 Å². The summed E-state index contributed by atoms with van der Waals surface area (Å²) in [7, 11) is 0. The molecule has 1 fully saturated rings. The highest BCUT2D eigenvalue weighted by molar-refractivity contribution is 5.93. The number of amides is 1. The van der Waals surface area contributed by atoms with Crippen molar-refractivity contribution in [2.24, 2.45) is 0 Å². The average molecular weight is 338 g/mol. The van der Waals surface area contributed by atoms with Crippen molar-refractivity contribution in [3.05, 3.63) is 47.3 Å². The molecule has 1 amide bonds. The Morgan fingerprint density at radius 2 is 1.84 bits per heavy atom. The van der Waals surface area contributed by atoms with Crippen LogP contribution in [-0.2, 0) is 0 Å². The van der Waals surface area contributed by atoms with Gasteiger partial charge in [-0.3, -0.25) is 4.79 Å². The summed E-state index contributed by atoms with van der Waals surface area (Å²) in [5, 5.41) is 6.37. The van der Waals surface area contributed by atoms with Crippen LogP contribution in [0.15, 0.2) is 30.6 Å². The topological polar surface area (TPSA) is 66.9 Å². The fourth-order valence-electron chi connectivity index (χ4n) is 3.30. The smallest absolute Gasteiger partial charge is 0.254 e. The monoisotopic (exact) mass is 338 g/mol. The Bertz CT molecular complexity index is 734. The van der Waals surface area contributed by atoms with E-state index in [4.69, 9.17) is 0 Å².